The lowest BCUT2D eigenvalue weighted by Crippen LogP contribution is -2.59. The Balaban J connectivity index is 1.90. The molecule has 2 aliphatic heterocycles. The van der Waals surface area contributed by atoms with Crippen molar-refractivity contribution in [3.8, 4) is 0 Å². The number of fused-ring (bicyclic) bond motifs is 3. The van der Waals surface area contributed by atoms with E-state index in [4.69, 9.17) is 18.9 Å². The highest BCUT2D eigenvalue weighted by Gasteiger charge is 2.55. The summed E-state index contributed by atoms with van der Waals surface area (Å²) in [6.07, 6.45) is 2.94. The van der Waals surface area contributed by atoms with Crippen molar-refractivity contribution >= 4 is 11.9 Å². The molecular formula is C16H22O6. The van der Waals surface area contributed by atoms with Crippen molar-refractivity contribution < 1.29 is 28.5 Å². The summed E-state index contributed by atoms with van der Waals surface area (Å²) >= 11 is 0. The van der Waals surface area contributed by atoms with Crippen molar-refractivity contribution in [2.75, 3.05) is 13.2 Å². The molecule has 0 aromatic rings. The van der Waals surface area contributed by atoms with Gasteiger partial charge in [0.2, 0.25) is 0 Å². The number of carbonyl (C=O) groups is 2. The fourth-order valence-electron chi connectivity index (χ4n) is 3.67. The molecule has 6 nitrogen and oxygen atoms in total. The lowest BCUT2D eigenvalue weighted by atomic mass is 9.67. The monoisotopic (exact) mass is 310 g/mol. The van der Waals surface area contributed by atoms with E-state index in [1.54, 1.807) is 6.92 Å². The Hall–Kier alpha value is -1.40. The lowest BCUT2D eigenvalue weighted by Gasteiger charge is -2.47. The molecule has 6 heteroatoms. The van der Waals surface area contributed by atoms with E-state index in [0.29, 0.717) is 13.2 Å². The van der Waals surface area contributed by atoms with Gasteiger partial charge in [0, 0.05) is 5.92 Å². The molecule has 2 saturated heterocycles. The first kappa shape index (κ1) is 15.5. The van der Waals surface area contributed by atoms with Crippen LogP contribution in [0.5, 0.6) is 0 Å². The average molecular weight is 310 g/mol. The zero-order valence-corrected chi connectivity index (χ0v) is 13.1. The Morgan fingerprint density at radius 2 is 2.14 bits per heavy atom. The number of rotatable bonds is 2. The van der Waals surface area contributed by atoms with Gasteiger partial charge in [-0.1, -0.05) is 19.1 Å². The average Bonchev–Trinajstić information content (AvgIpc) is 2.48. The largest absolute Gasteiger partial charge is 0.466 e. The Morgan fingerprint density at radius 1 is 1.36 bits per heavy atom. The summed E-state index contributed by atoms with van der Waals surface area (Å²) in [5, 5.41) is 0. The van der Waals surface area contributed by atoms with Crippen molar-refractivity contribution in [1.82, 2.24) is 0 Å². The van der Waals surface area contributed by atoms with Crippen LogP contribution in [-0.2, 0) is 28.5 Å². The van der Waals surface area contributed by atoms with Gasteiger partial charge in [-0.25, -0.2) is 0 Å². The summed E-state index contributed by atoms with van der Waals surface area (Å²) in [5.74, 6) is -2.02. The van der Waals surface area contributed by atoms with Crippen LogP contribution in [0.25, 0.3) is 0 Å². The Bertz CT molecular complexity index is 487. The summed E-state index contributed by atoms with van der Waals surface area (Å²) in [6.45, 7) is 6.12. The van der Waals surface area contributed by atoms with E-state index in [0.717, 1.165) is 0 Å². The number of allylic oxidation sites excluding steroid dienone is 1. The molecule has 3 rings (SSSR count). The quantitative estimate of drug-likeness (QED) is 0.565. The molecule has 2 heterocycles. The zero-order valence-electron chi connectivity index (χ0n) is 13.1. The van der Waals surface area contributed by atoms with Crippen molar-refractivity contribution in [3.63, 3.8) is 0 Å². The van der Waals surface area contributed by atoms with Gasteiger partial charge in [0.15, 0.2) is 12.4 Å². The van der Waals surface area contributed by atoms with Crippen molar-refractivity contribution in [2.24, 2.45) is 23.7 Å². The highest BCUT2D eigenvalue weighted by atomic mass is 16.7. The third kappa shape index (κ3) is 2.54. The third-order valence-electron chi connectivity index (χ3n) is 4.69. The summed E-state index contributed by atoms with van der Waals surface area (Å²) < 4.78 is 21.9. The van der Waals surface area contributed by atoms with Gasteiger partial charge in [-0.3, -0.25) is 9.59 Å². The number of carbonyl (C=O) groups excluding carboxylic acids is 2. The lowest BCUT2D eigenvalue weighted by molar-refractivity contribution is -0.278. The van der Waals surface area contributed by atoms with Crippen LogP contribution in [0.1, 0.15) is 20.8 Å². The van der Waals surface area contributed by atoms with Gasteiger partial charge < -0.3 is 18.9 Å². The fourth-order valence-corrected chi connectivity index (χ4v) is 3.67. The van der Waals surface area contributed by atoms with E-state index in [-0.39, 0.29) is 36.2 Å². The van der Waals surface area contributed by atoms with Crippen LogP contribution in [0, 0.1) is 23.7 Å². The highest BCUT2D eigenvalue weighted by molar-refractivity contribution is 5.84. The molecule has 0 saturated carbocycles. The number of hydrogen-bond acceptors (Lipinski definition) is 6. The smallest absolute Gasteiger partial charge is 0.310 e. The number of ether oxygens (including phenoxy) is 4. The molecule has 2 fully saturated rings. The second-order valence-corrected chi connectivity index (χ2v) is 6.10. The summed E-state index contributed by atoms with van der Waals surface area (Å²) in [5.41, 5.74) is 0. The van der Waals surface area contributed by atoms with Gasteiger partial charge in [0.05, 0.1) is 25.0 Å². The molecule has 0 aromatic carbocycles. The standard InChI is InChI=1S/C16H22O6/c1-4-19-15(17)12-8(2)5-6-10-13(12)16(18)22-11-7-20-9(3)21-14(10)11/h5-6,8-14H,4,7H2,1-3H3/t8-,9-,10-,11-,12-,13-,14+/m1/s1. The van der Waals surface area contributed by atoms with E-state index in [1.807, 2.05) is 26.0 Å². The van der Waals surface area contributed by atoms with E-state index >= 15 is 0 Å². The molecule has 0 N–H and O–H groups in total. The summed E-state index contributed by atoms with van der Waals surface area (Å²) in [7, 11) is 0. The summed E-state index contributed by atoms with van der Waals surface area (Å²) in [4.78, 5) is 24.8. The minimum Gasteiger partial charge on any atom is -0.466 e. The van der Waals surface area contributed by atoms with E-state index in [1.165, 1.54) is 0 Å². The molecular weight excluding hydrogens is 288 g/mol. The number of hydrogen-bond donors (Lipinski definition) is 0. The predicted molar refractivity (Wildman–Crippen MR) is 75.6 cm³/mol. The molecule has 0 bridgehead atoms. The molecule has 0 radical (unpaired) electrons. The molecule has 122 valence electrons. The zero-order chi connectivity index (χ0) is 15.9. The maximum atomic E-state index is 12.5. The van der Waals surface area contributed by atoms with E-state index in [9.17, 15) is 9.59 Å². The number of esters is 2. The van der Waals surface area contributed by atoms with Gasteiger partial charge in [0.1, 0.15) is 6.10 Å². The van der Waals surface area contributed by atoms with Gasteiger partial charge >= 0.3 is 11.9 Å². The topological polar surface area (TPSA) is 71.1 Å². The second kappa shape index (κ2) is 6.01. The van der Waals surface area contributed by atoms with Crippen LogP contribution >= 0.6 is 0 Å². The first-order chi connectivity index (χ1) is 10.5. The van der Waals surface area contributed by atoms with Gasteiger partial charge in [-0.15, -0.1) is 0 Å². The van der Waals surface area contributed by atoms with E-state index in [2.05, 4.69) is 0 Å². The molecule has 1 aliphatic carbocycles. The molecule has 0 aromatic heterocycles. The first-order valence-electron chi connectivity index (χ1n) is 7.85. The maximum absolute atomic E-state index is 12.5. The van der Waals surface area contributed by atoms with Crippen LogP contribution in [0.4, 0.5) is 0 Å². The first-order valence-corrected chi connectivity index (χ1v) is 7.85. The van der Waals surface area contributed by atoms with Crippen LogP contribution in [0.2, 0.25) is 0 Å². The molecule has 0 amide bonds. The van der Waals surface area contributed by atoms with Gasteiger partial charge in [-0.2, -0.15) is 0 Å². The Labute approximate surface area is 129 Å². The van der Waals surface area contributed by atoms with Crippen LogP contribution in [-0.4, -0.2) is 43.7 Å². The molecule has 0 unspecified atom stereocenters. The fraction of sp³-hybridized carbons (Fsp3) is 0.750. The third-order valence-corrected chi connectivity index (χ3v) is 4.69. The van der Waals surface area contributed by atoms with Crippen LogP contribution in [0.15, 0.2) is 12.2 Å². The molecule has 22 heavy (non-hydrogen) atoms. The van der Waals surface area contributed by atoms with E-state index < -0.39 is 17.9 Å². The maximum Gasteiger partial charge on any atom is 0.310 e. The SMILES string of the molecule is CCOC(=O)[C@H]1[C@@H]2C(=O)O[C@@H]3CO[C@@H](C)O[C@H]3[C@@H]2C=C[C@H]1C. The molecule has 3 aliphatic rings. The normalized spacial score (nSPS) is 43.8. The van der Waals surface area contributed by atoms with Crippen molar-refractivity contribution in [3.05, 3.63) is 12.2 Å². The second-order valence-electron chi connectivity index (χ2n) is 6.10. The van der Waals surface area contributed by atoms with Gasteiger partial charge in [0.25, 0.3) is 0 Å². The van der Waals surface area contributed by atoms with Crippen LogP contribution < -0.4 is 0 Å². The summed E-state index contributed by atoms with van der Waals surface area (Å²) in [6, 6.07) is 0. The minimum atomic E-state index is -0.550. The van der Waals surface area contributed by atoms with Gasteiger partial charge in [-0.05, 0) is 19.8 Å². The Kier molecular flexibility index (Phi) is 4.23. The predicted octanol–water partition coefficient (Wildman–Crippen LogP) is 1.29. The van der Waals surface area contributed by atoms with Crippen molar-refractivity contribution in [1.29, 1.82) is 0 Å². The van der Waals surface area contributed by atoms with Crippen molar-refractivity contribution in [2.45, 2.75) is 39.3 Å². The minimum absolute atomic E-state index is 0.0679. The van der Waals surface area contributed by atoms with Crippen LogP contribution in [0.3, 0.4) is 0 Å². The molecule has 7 atom stereocenters. The Morgan fingerprint density at radius 3 is 2.86 bits per heavy atom. The molecule has 0 spiro atoms. The highest BCUT2D eigenvalue weighted by Crippen LogP contribution is 2.43.